The molecule has 0 saturated carbocycles. The molecule has 0 atom stereocenters. The number of carbonyl (C=O) groups is 1. The van der Waals surface area contributed by atoms with E-state index in [1.54, 1.807) is 6.08 Å². The van der Waals surface area contributed by atoms with Gasteiger partial charge in [0.1, 0.15) is 0 Å². The van der Waals surface area contributed by atoms with E-state index in [9.17, 15) is 4.79 Å². The van der Waals surface area contributed by atoms with Gasteiger partial charge in [-0.1, -0.05) is 64.1 Å². The summed E-state index contributed by atoms with van der Waals surface area (Å²) >= 11 is 5.26. The van der Waals surface area contributed by atoms with Crippen LogP contribution < -0.4 is 0 Å². The lowest BCUT2D eigenvalue weighted by molar-refractivity contribution is -0.107. The van der Waals surface area contributed by atoms with Crippen LogP contribution in [0.1, 0.15) is 57.2 Å². The molecule has 0 N–H and O–H groups in total. The number of hydrogen-bond acceptors (Lipinski definition) is 1. The zero-order valence-electron chi connectivity index (χ0n) is 13.2. The highest BCUT2D eigenvalue weighted by Crippen LogP contribution is 2.45. The molecule has 1 aliphatic carbocycles. The Morgan fingerprint density at radius 3 is 2.29 bits per heavy atom. The second-order valence-corrected chi connectivity index (χ2v) is 7.47. The summed E-state index contributed by atoms with van der Waals surface area (Å²) in [6.07, 6.45) is 9.31. The minimum atomic E-state index is -0.451. The molecule has 0 heterocycles. The van der Waals surface area contributed by atoms with Crippen molar-refractivity contribution in [2.24, 2.45) is 0 Å². The Kier molecular flexibility index (Phi) is 4.43. The Hall–Kier alpha value is -1.34. The summed E-state index contributed by atoms with van der Waals surface area (Å²) in [6, 6.07) is 6.68. The molecule has 0 fully saturated rings. The zero-order chi connectivity index (χ0) is 15.7. The summed E-state index contributed by atoms with van der Waals surface area (Å²) in [5.74, 6) is 0. The molecule has 0 bridgehead atoms. The monoisotopic (exact) mass is 302 g/mol. The summed E-state index contributed by atoms with van der Waals surface area (Å²) in [4.78, 5) is 10.6. The van der Waals surface area contributed by atoms with Crippen LogP contribution in [0.2, 0.25) is 0 Å². The maximum Gasteiger partial charge on any atom is 0.245 e. The van der Waals surface area contributed by atoms with E-state index in [-0.39, 0.29) is 10.8 Å². The second kappa shape index (κ2) is 5.81. The summed E-state index contributed by atoms with van der Waals surface area (Å²) in [5, 5.41) is -0.451. The van der Waals surface area contributed by atoms with Gasteiger partial charge < -0.3 is 0 Å². The van der Waals surface area contributed by atoms with Crippen LogP contribution in [0.4, 0.5) is 0 Å². The predicted octanol–water partition coefficient (Wildman–Crippen LogP) is 5.37. The van der Waals surface area contributed by atoms with Crippen molar-refractivity contribution in [2.75, 3.05) is 0 Å². The third-order valence-corrected chi connectivity index (χ3v) is 4.63. The summed E-state index contributed by atoms with van der Waals surface area (Å²) in [6.45, 7) is 9.29. The average molecular weight is 303 g/mol. The third kappa shape index (κ3) is 3.65. The summed E-state index contributed by atoms with van der Waals surface area (Å²) < 4.78 is 0. The Bertz CT molecular complexity index is 606. The molecule has 1 nitrogen and oxygen atoms in total. The first kappa shape index (κ1) is 16.0. The summed E-state index contributed by atoms with van der Waals surface area (Å²) in [5.41, 5.74) is 4.53. The van der Waals surface area contributed by atoms with Crippen molar-refractivity contribution in [3.05, 3.63) is 53.1 Å². The molecule has 2 heteroatoms. The van der Waals surface area contributed by atoms with Crippen molar-refractivity contribution in [3.63, 3.8) is 0 Å². The van der Waals surface area contributed by atoms with Crippen molar-refractivity contribution < 1.29 is 4.79 Å². The van der Waals surface area contributed by atoms with Crippen molar-refractivity contribution in [1.82, 2.24) is 0 Å². The highest BCUT2D eigenvalue weighted by molar-refractivity contribution is 6.66. The van der Waals surface area contributed by atoms with Crippen molar-refractivity contribution >= 4 is 22.9 Å². The van der Waals surface area contributed by atoms with E-state index < -0.39 is 5.24 Å². The fraction of sp³-hybridized carbons (Fsp3) is 0.421. The first-order valence-corrected chi connectivity index (χ1v) is 7.79. The van der Waals surface area contributed by atoms with Crippen LogP contribution in [0.5, 0.6) is 0 Å². The van der Waals surface area contributed by atoms with Gasteiger partial charge in [-0.25, -0.2) is 0 Å². The fourth-order valence-electron chi connectivity index (χ4n) is 3.01. The topological polar surface area (TPSA) is 17.1 Å². The normalized spacial score (nSPS) is 19.9. The molecule has 0 aliphatic heterocycles. The molecule has 0 amide bonds. The van der Waals surface area contributed by atoms with Gasteiger partial charge >= 0.3 is 0 Å². The molecule has 0 saturated heterocycles. The number of rotatable bonds is 3. The number of carbonyl (C=O) groups excluding carboxylic acids is 1. The van der Waals surface area contributed by atoms with Crippen LogP contribution in [0.25, 0.3) is 6.08 Å². The molecule has 0 radical (unpaired) electrons. The van der Waals surface area contributed by atoms with Crippen LogP contribution in [0, 0.1) is 0 Å². The van der Waals surface area contributed by atoms with Gasteiger partial charge in [-0.2, -0.15) is 0 Å². The van der Waals surface area contributed by atoms with E-state index in [2.05, 4.69) is 45.9 Å². The molecule has 2 rings (SSSR count). The molecular formula is C19H23ClO. The number of benzene rings is 1. The zero-order valence-corrected chi connectivity index (χ0v) is 14.0. The highest BCUT2D eigenvalue weighted by Gasteiger charge is 2.36. The smallest absolute Gasteiger partial charge is 0.245 e. The van der Waals surface area contributed by atoms with Crippen LogP contribution in [0.3, 0.4) is 0 Å². The quantitative estimate of drug-likeness (QED) is 0.417. The number of halogens is 1. The van der Waals surface area contributed by atoms with Crippen molar-refractivity contribution in [2.45, 2.75) is 51.4 Å². The highest BCUT2D eigenvalue weighted by atomic mass is 35.5. The van der Waals surface area contributed by atoms with E-state index in [1.807, 2.05) is 12.2 Å². The number of hydrogen-bond donors (Lipinski definition) is 0. The lowest BCUT2D eigenvalue weighted by Gasteiger charge is -2.42. The van der Waals surface area contributed by atoms with Gasteiger partial charge in [0.2, 0.25) is 5.24 Å². The van der Waals surface area contributed by atoms with Gasteiger partial charge in [-0.05, 0) is 58.0 Å². The maximum absolute atomic E-state index is 10.6. The molecule has 0 spiro atoms. The Morgan fingerprint density at radius 2 is 1.67 bits per heavy atom. The van der Waals surface area contributed by atoms with Gasteiger partial charge in [0, 0.05) is 0 Å². The summed E-state index contributed by atoms with van der Waals surface area (Å²) in [7, 11) is 0. The minimum absolute atomic E-state index is 0.219. The van der Waals surface area contributed by atoms with Crippen LogP contribution in [-0.2, 0) is 15.6 Å². The Labute approximate surface area is 132 Å². The average Bonchev–Trinajstić information content (AvgIpc) is 2.40. The van der Waals surface area contributed by atoms with E-state index >= 15 is 0 Å². The number of fused-ring (bicyclic) bond motifs is 1. The second-order valence-electron chi connectivity index (χ2n) is 7.10. The molecule has 1 aromatic rings. The first-order chi connectivity index (χ1) is 9.72. The van der Waals surface area contributed by atoms with Gasteiger partial charge in [-0.15, -0.1) is 0 Å². The van der Waals surface area contributed by atoms with E-state index in [4.69, 9.17) is 11.6 Å². The maximum atomic E-state index is 10.6. The first-order valence-electron chi connectivity index (χ1n) is 7.42. The number of allylic oxidation sites excluding steroid dienone is 3. The van der Waals surface area contributed by atoms with Gasteiger partial charge in [0.15, 0.2) is 0 Å². The van der Waals surface area contributed by atoms with Crippen molar-refractivity contribution in [1.29, 1.82) is 0 Å². The lowest BCUT2D eigenvalue weighted by atomic mass is 9.63. The van der Waals surface area contributed by atoms with E-state index in [1.165, 1.54) is 30.0 Å². The Morgan fingerprint density at radius 1 is 1.05 bits per heavy atom. The molecule has 0 aromatic heterocycles. The van der Waals surface area contributed by atoms with E-state index in [0.717, 1.165) is 5.56 Å². The predicted molar refractivity (Wildman–Crippen MR) is 90.8 cm³/mol. The molecular weight excluding hydrogens is 280 g/mol. The third-order valence-electron chi connectivity index (χ3n) is 4.50. The molecule has 1 aliphatic rings. The standard InChI is InChI=1S/C19H23ClO/c1-18(2)11-12-19(3,4)16-13-14(9-10-15(16)18)7-5-6-8-17(20)21/h5-10,13H,11-12H2,1-4H3/b7-5+,8-6+. The lowest BCUT2D eigenvalue weighted by Crippen LogP contribution is -2.33. The molecule has 112 valence electrons. The molecule has 0 unspecified atom stereocenters. The van der Waals surface area contributed by atoms with Crippen LogP contribution >= 0.6 is 11.6 Å². The van der Waals surface area contributed by atoms with Gasteiger partial charge in [-0.3, -0.25) is 4.79 Å². The van der Waals surface area contributed by atoms with Crippen LogP contribution in [-0.4, -0.2) is 5.24 Å². The fourth-order valence-corrected chi connectivity index (χ4v) is 3.08. The molecule has 1 aromatic carbocycles. The van der Waals surface area contributed by atoms with E-state index in [0.29, 0.717) is 0 Å². The van der Waals surface area contributed by atoms with Crippen LogP contribution in [0.15, 0.2) is 36.4 Å². The SMILES string of the molecule is CC1(C)CCC(C)(C)c2cc(/C=C/C=C/C(=O)Cl)ccc21. The Balaban J connectivity index is 2.35. The molecule has 21 heavy (non-hydrogen) atoms. The van der Waals surface area contributed by atoms with Crippen molar-refractivity contribution in [3.8, 4) is 0 Å². The van der Waals surface area contributed by atoms with Gasteiger partial charge in [0.25, 0.3) is 0 Å². The minimum Gasteiger partial charge on any atom is -0.276 e. The van der Waals surface area contributed by atoms with Gasteiger partial charge in [0.05, 0.1) is 0 Å². The largest absolute Gasteiger partial charge is 0.276 e.